The molecule has 3 aromatic heterocycles. The van der Waals surface area contributed by atoms with Crippen molar-refractivity contribution in [2.75, 3.05) is 19.4 Å². The van der Waals surface area contributed by atoms with Gasteiger partial charge in [0.1, 0.15) is 16.7 Å². The van der Waals surface area contributed by atoms with Gasteiger partial charge in [0.2, 0.25) is 11.5 Å². The number of hydrogen-bond acceptors (Lipinski definition) is 5. The van der Waals surface area contributed by atoms with Crippen LogP contribution < -0.4 is 25.9 Å². The normalized spacial score (nSPS) is 11.1. The number of nitrogen functional groups attached to an aromatic ring is 1. The zero-order chi connectivity index (χ0) is 25.9. The molecule has 0 saturated heterocycles. The summed E-state index contributed by atoms with van der Waals surface area (Å²) in [5, 5.41) is 3.75. The zero-order valence-electron chi connectivity index (χ0n) is 20.1. The van der Waals surface area contributed by atoms with Crippen molar-refractivity contribution in [2.24, 2.45) is 0 Å². The Morgan fingerprint density at radius 2 is 1.86 bits per heavy atom. The second-order valence-corrected chi connectivity index (χ2v) is 8.97. The first-order chi connectivity index (χ1) is 18.0. The van der Waals surface area contributed by atoms with E-state index in [4.69, 9.17) is 27.1 Å². The number of amides is 1. The molecule has 3 N–H and O–H groups in total. The molecule has 1 amide bonds. The molecule has 0 spiro atoms. The Bertz CT molecular complexity index is 1680. The van der Waals surface area contributed by atoms with Gasteiger partial charge in [-0.15, -0.1) is 0 Å². The van der Waals surface area contributed by atoms with E-state index in [0.717, 1.165) is 16.9 Å². The highest BCUT2D eigenvalue weighted by molar-refractivity contribution is 6.31. The molecule has 0 radical (unpaired) electrons. The van der Waals surface area contributed by atoms with Gasteiger partial charge in [-0.1, -0.05) is 53.0 Å². The molecule has 9 heteroatoms. The van der Waals surface area contributed by atoms with Crippen LogP contribution in [0.2, 0.25) is 5.02 Å². The van der Waals surface area contributed by atoms with Gasteiger partial charge in [-0.2, -0.15) is 0 Å². The number of halogens is 1. The fraction of sp³-hybridized carbons (Fsp3) is 0.143. The number of aromatic nitrogens is 3. The maximum absolute atomic E-state index is 13.4. The number of benzene rings is 2. The molecule has 0 aliphatic rings. The first-order valence-corrected chi connectivity index (χ1v) is 12.1. The van der Waals surface area contributed by atoms with Gasteiger partial charge in [-0.05, 0) is 48.4 Å². The van der Waals surface area contributed by atoms with Crippen molar-refractivity contribution in [1.29, 1.82) is 0 Å². The lowest BCUT2D eigenvalue weighted by Crippen LogP contribution is -2.43. The van der Waals surface area contributed by atoms with E-state index in [-0.39, 0.29) is 34.8 Å². The van der Waals surface area contributed by atoms with Crippen LogP contribution >= 0.6 is 11.6 Å². The van der Waals surface area contributed by atoms with E-state index in [1.54, 1.807) is 42.1 Å². The van der Waals surface area contributed by atoms with Crippen molar-refractivity contribution >= 4 is 40.0 Å². The molecule has 3 heterocycles. The van der Waals surface area contributed by atoms with E-state index >= 15 is 0 Å². The summed E-state index contributed by atoms with van der Waals surface area (Å²) in [7, 11) is 1.62. The second kappa shape index (κ2) is 10.3. The Hall–Kier alpha value is -4.43. The molecule has 186 valence electrons. The predicted molar refractivity (Wildman–Crippen MR) is 143 cm³/mol. The number of nitrogens with one attached hydrogen (secondary N) is 1. The van der Waals surface area contributed by atoms with Crippen LogP contribution in [0.1, 0.15) is 21.5 Å². The number of methoxy groups -OCH3 is 1. The number of carbonyl (C=O) groups is 1. The van der Waals surface area contributed by atoms with Crippen molar-refractivity contribution in [3.05, 3.63) is 111 Å². The highest BCUT2D eigenvalue weighted by atomic mass is 35.5. The summed E-state index contributed by atoms with van der Waals surface area (Å²) in [6.45, 7) is 0.631. The fourth-order valence-electron chi connectivity index (χ4n) is 4.25. The summed E-state index contributed by atoms with van der Waals surface area (Å²) in [6, 6.07) is 21.8. The largest absolute Gasteiger partial charge is 0.497 e. The number of hydrogen-bond donors (Lipinski definition) is 2. The quantitative estimate of drug-likeness (QED) is 0.256. The third kappa shape index (κ3) is 4.83. The molecule has 0 saturated carbocycles. The number of ether oxygens (including phenoxy) is 1. The van der Waals surface area contributed by atoms with Crippen LogP contribution in [0.4, 0.5) is 5.82 Å². The Balaban J connectivity index is 1.54. The molecule has 0 unspecified atom stereocenters. The molecular formula is C28H25ClN5O3+. The molecule has 2 aromatic carbocycles. The molecule has 0 bridgehead atoms. The maximum atomic E-state index is 13.4. The molecule has 8 nitrogen and oxygen atoms in total. The van der Waals surface area contributed by atoms with Crippen LogP contribution in [0.25, 0.3) is 16.7 Å². The third-order valence-corrected chi connectivity index (χ3v) is 6.62. The van der Waals surface area contributed by atoms with Gasteiger partial charge >= 0.3 is 0 Å². The number of carbonyl (C=O) groups excluding carboxylic acids is 1. The van der Waals surface area contributed by atoms with E-state index in [9.17, 15) is 9.59 Å². The Kier molecular flexibility index (Phi) is 6.74. The molecule has 5 aromatic rings. The van der Waals surface area contributed by atoms with E-state index in [2.05, 4.69) is 5.32 Å². The Morgan fingerprint density at radius 1 is 1.11 bits per heavy atom. The van der Waals surface area contributed by atoms with Gasteiger partial charge in [0.25, 0.3) is 17.1 Å². The van der Waals surface area contributed by atoms with Crippen LogP contribution in [0.3, 0.4) is 0 Å². The predicted octanol–water partition coefficient (Wildman–Crippen LogP) is 3.40. The topological polar surface area (TPSA) is 103 Å². The average molecular weight is 515 g/mol. The Morgan fingerprint density at radius 3 is 2.62 bits per heavy atom. The molecule has 0 atom stereocenters. The highest BCUT2D eigenvalue weighted by Gasteiger charge is 2.25. The molecule has 5 rings (SSSR count). The van der Waals surface area contributed by atoms with Gasteiger partial charge in [-0.3, -0.25) is 14.0 Å². The molecule has 0 aliphatic carbocycles. The van der Waals surface area contributed by atoms with Crippen molar-refractivity contribution in [2.45, 2.75) is 13.0 Å². The first-order valence-electron chi connectivity index (χ1n) is 11.7. The minimum atomic E-state index is -0.377. The molecule has 37 heavy (non-hydrogen) atoms. The monoisotopic (exact) mass is 514 g/mol. The van der Waals surface area contributed by atoms with Gasteiger partial charge in [-0.25, -0.2) is 4.57 Å². The lowest BCUT2D eigenvalue weighted by atomic mass is 10.1. The van der Waals surface area contributed by atoms with Crippen LogP contribution in [-0.4, -0.2) is 28.9 Å². The number of rotatable bonds is 7. The van der Waals surface area contributed by atoms with Crippen LogP contribution in [0.15, 0.2) is 83.8 Å². The van der Waals surface area contributed by atoms with Gasteiger partial charge in [0.05, 0.1) is 13.7 Å². The SMILES string of the molecule is COc1ccc(CCNC(=O)c2cc3c(=O)n4ccccc4nc3[n+](Cc3ccccc3Cl)c2N)cc1. The maximum Gasteiger partial charge on any atom is 0.278 e. The van der Waals surface area contributed by atoms with Gasteiger partial charge < -0.3 is 15.8 Å². The summed E-state index contributed by atoms with van der Waals surface area (Å²) in [5.41, 5.74) is 9.15. The van der Waals surface area contributed by atoms with Crippen LogP contribution in [0, 0.1) is 0 Å². The molecule has 0 aliphatic heterocycles. The first kappa shape index (κ1) is 24.3. The smallest absolute Gasteiger partial charge is 0.278 e. The number of pyridine rings is 2. The second-order valence-electron chi connectivity index (χ2n) is 8.56. The van der Waals surface area contributed by atoms with E-state index in [1.165, 1.54) is 10.5 Å². The number of anilines is 1. The number of fused-ring (bicyclic) bond motifs is 2. The molecule has 0 fully saturated rings. The highest BCUT2D eigenvalue weighted by Crippen LogP contribution is 2.19. The summed E-state index contributed by atoms with van der Waals surface area (Å²) >= 11 is 6.42. The summed E-state index contributed by atoms with van der Waals surface area (Å²) in [4.78, 5) is 31.4. The minimum absolute atomic E-state index is 0.196. The van der Waals surface area contributed by atoms with E-state index in [1.807, 2.05) is 42.5 Å². The Labute approximate surface area is 217 Å². The average Bonchev–Trinajstić information content (AvgIpc) is 2.92. The van der Waals surface area contributed by atoms with Crippen molar-refractivity contribution < 1.29 is 14.1 Å². The summed E-state index contributed by atoms with van der Waals surface area (Å²) in [6.07, 6.45) is 2.27. The zero-order valence-corrected chi connectivity index (χ0v) is 20.9. The van der Waals surface area contributed by atoms with E-state index in [0.29, 0.717) is 29.3 Å². The fourth-order valence-corrected chi connectivity index (χ4v) is 4.44. The molecular weight excluding hydrogens is 490 g/mol. The number of nitrogens with two attached hydrogens (primary N) is 1. The summed E-state index contributed by atoms with van der Waals surface area (Å²) < 4.78 is 8.31. The van der Waals surface area contributed by atoms with Crippen molar-refractivity contribution in [3.63, 3.8) is 0 Å². The number of nitrogens with zero attached hydrogens (tertiary/aromatic N) is 3. The van der Waals surface area contributed by atoms with Gasteiger partial charge in [0, 0.05) is 23.3 Å². The summed E-state index contributed by atoms with van der Waals surface area (Å²) in [5.74, 6) is 0.590. The lowest BCUT2D eigenvalue weighted by molar-refractivity contribution is -0.649. The lowest BCUT2D eigenvalue weighted by Gasteiger charge is -2.13. The van der Waals surface area contributed by atoms with Crippen molar-refractivity contribution in [3.8, 4) is 5.75 Å². The van der Waals surface area contributed by atoms with Crippen LogP contribution in [0.5, 0.6) is 5.75 Å². The van der Waals surface area contributed by atoms with E-state index < -0.39 is 0 Å². The van der Waals surface area contributed by atoms with Crippen molar-refractivity contribution in [1.82, 2.24) is 14.7 Å². The standard InChI is InChI=1S/C28H24ClN5O3/c1-37-20-11-9-18(10-12-20)13-14-31-27(35)21-16-22-26(32-24-8-4-5-15-33(24)28(22)36)34(25(21)30)17-19-6-2-3-7-23(19)29/h2-12,15-16,30H,13-14,17H2,1H3,(H,31,35)/p+1. The van der Waals surface area contributed by atoms with Crippen LogP contribution in [-0.2, 0) is 13.0 Å². The third-order valence-electron chi connectivity index (χ3n) is 6.25. The van der Waals surface area contributed by atoms with Gasteiger partial charge in [0.15, 0.2) is 0 Å². The minimum Gasteiger partial charge on any atom is -0.497 e.